The van der Waals surface area contributed by atoms with Gasteiger partial charge in [-0.1, -0.05) is 35.8 Å². The third kappa shape index (κ3) is 4.08. The number of halogens is 1. The lowest BCUT2D eigenvalue weighted by Gasteiger charge is -2.42. The van der Waals surface area contributed by atoms with Crippen LogP contribution in [0.3, 0.4) is 0 Å². The number of likely N-dealkylation sites (tertiary alicyclic amines) is 1. The average molecular weight is 368 g/mol. The number of piperidine rings is 1. The Kier molecular flexibility index (Phi) is 5.24. The minimum atomic E-state index is -0.248. The zero-order chi connectivity index (χ0) is 16.3. The van der Waals surface area contributed by atoms with Crippen LogP contribution in [0, 0.1) is 5.41 Å². The molecule has 1 aliphatic heterocycles. The number of hydrogen-bond donors (Lipinski definition) is 2. The van der Waals surface area contributed by atoms with Crippen molar-refractivity contribution < 1.29 is 9.59 Å². The number of amides is 2. The molecule has 22 heavy (non-hydrogen) atoms. The van der Waals surface area contributed by atoms with E-state index < -0.39 is 0 Å². The number of carbonyl (C=O) groups excluding carboxylic acids is 2. The van der Waals surface area contributed by atoms with Crippen LogP contribution < -0.4 is 11.1 Å². The largest absolute Gasteiger partial charge is 0.343 e. The van der Waals surface area contributed by atoms with Crippen LogP contribution in [0.1, 0.15) is 30.6 Å². The summed E-state index contributed by atoms with van der Waals surface area (Å²) in [6.07, 6.45) is 0.790. The van der Waals surface area contributed by atoms with Crippen molar-refractivity contribution in [2.45, 2.75) is 26.3 Å². The van der Waals surface area contributed by atoms with Gasteiger partial charge in [0.25, 0.3) is 5.91 Å². The molecule has 1 aliphatic rings. The molecule has 0 spiro atoms. The maximum atomic E-state index is 12.3. The lowest BCUT2D eigenvalue weighted by atomic mass is 9.79. The molecule has 0 aromatic heterocycles. The van der Waals surface area contributed by atoms with Crippen LogP contribution in [-0.4, -0.2) is 42.4 Å². The number of nitrogens with one attached hydrogen (secondary N) is 1. The monoisotopic (exact) mass is 367 g/mol. The number of carbonyl (C=O) groups is 2. The maximum absolute atomic E-state index is 12.3. The van der Waals surface area contributed by atoms with E-state index in [0.717, 1.165) is 10.9 Å². The van der Waals surface area contributed by atoms with Gasteiger partial charge in [0.05, 0.1) is 6.54 Å². The Morgan fingerprint density at radius 1 is 1.45 bits per heavy atom. The zero-order valence-corrected chi connectivity index (χ0v) is 14.5. The topological polar surface area (TPSA) is 75.4 Å². The quantitative estimate of drug-likeness (QED) is 0.854. The highest BCUT2D eigenvalue weighted by molar-refractivity contribution is 9.10. The Balaban J connectivity index is 1.89. The van der Waals surface area contributed by atoms with E-state index in [9.17, 15) is 9.59 Å². The molecular formula is C16H22BrN3O2. The molecule has 0 radical (unpaired) electrons. The van der Waals surface area contributed by atoms with E-state index in [4.69, 9.17) is 5.73 Å². The molecule has 3 N–H and O–H groups in total. The lowest BCUT2D eigenvalue weighted by molar-refractivity contribution is -0.133. The van der Waals surface area contributed by atoms with Gasteiger partial charge in [0, 0.05) is 29.2 Å². The molecule has 5 nitrogen and oxygen atoms in total. The van der Waals surface area contributed by atoms with E-state index in [-0.39, 0.29) is 29.8 Å². The third-order valence-electron chi connectivity index (χ3n) is 4.15. The molecule has 2 rings (SSSR count). The first kappa shape index (κ1) is 17.0. The Morgan fingerprint density at radius 3 is 2.82 bits per heavy atom. The highest BCUT2D eigenvalue weighted by Gasteiger charge is 2.35. The SMILES string of the molecule is CC1(C)CN(C(=O)CNC(=O)c2cccc(Br)c2)CCC1N. The second-order valence-corrected chi connectivity index (χ2v) is 7.31. The van der Waals surface area contributed by atoms with E-state index in [2.05, 4.69) is 35.1 Å². The number of nitrogens with zero attached hydrogens (tertiary/aromatic N) is 1. The summed E-state index contributed by atoms with van der Waals surface area (Å²) < 4.78 is 0.832. The van der Waals surface area contributed by atoms with Gasteiger partial charge in [-0.3, -0.25) is 9.59 Å². The van der Waals surface area contributed by atoms with Gasteiger partial charge < -0.3 is 16.0 Å². The number of hydrogen-bond acceptors (Lipinski definition) is 3. The highest BCUT2D eigenvalue weighted by atomic mass is 79.9. The summed E-state index contributed by atoms with van der Waals surface area (Å²) in [6, 6.07) is 7.18. The summed E-state index contributed by atoms with van der Waals surface area (Å²) in [7, 11) is 0. The third-order valence-corrected chi connectivity index (χ3v) is 4.65. The molecule has 0 bridgehead atoms. The van der Waals surface area contributed by atoms with Gasteiger partial charge in [0.15, 0.2) is 0 Å². The summed E-state index contributed by atoms with van der Waals surface area (Å²) >= 11 is 3.32. The number of rotatable bonds is 3. The smallest absolute Gasteiger partial charge is 0.251 e. The van der Waals surface area contributed by atoms with E-state index in [1.807, 2.05) is 6.07 Å². The van der Waals surface area contributed by atoms with Crippen molar-refractivity contribution in [2.75, 3.05) is 19.6 Å². The summed E-state index contributed by atoms with van der Waals surface area (Å²) in [6.45, 7) is 5.42. The minimum absolute atomic E-state index is 0.0106. The number of nitrogens with two attached hydrogens (primary N) is 1. The molecule has 1 heterocycles. The van der Waals surface area contributed by atoms with Crippen LogP contribution in [0.5, 0.6) is 0 Å². The minimum Gasteiger partial charge on any atom is -0.343 e. The normalized spacial score (nSPS) is 20.5. The van der Waals surface area contributed by atoms with Crippen LogP contribution in [0.4, 0.5) is 0 Å². The first-order chi connectivity index (χ1) is 10.3. The molecule has 1 saturated heterocycles. The van der Waals surface area contributed by atoms with Crippen LogP contribution in [0.25, 0.3) is 0 Å². The summed E-state index contributed by atoms with van der Waals surface area (Å²) in [4.78, 5) is 26.1. The first-order valence-corrected chi connectivity index (χ1v) is 8.16. The van der Waals surface area contributed by atoms with Gasteiger partial charge in [-0.25, -0.2) is 0 Å². The predicted molar refractivity (Wildman–Crippen MR) is 89.4 cm³/mol. The standard InChI is InChI=1S/C16H22BrN3O2/c1-16(2)10-20(7-6-13(16)18)14(21)9-19-15(22)11-4-3-5-12(17)8-11/h3-5,8,13H,6-7,9-10,18H2,1-2H3,(H,19,22). The Bertz CT molecular complexity index is 574. The molecule has 0 aliphatic carbocycles. The molecule has 1 aromatic rings. The van der Waals surface area contributed by atoms with Crippen molar-refractivity contribution in [1.82, 2.24) is 10.2 Å². The summed E-state index contributed by atoms with van der Waals surface area (Å²) in [5.74, 6) is -0.314. The van der Waals surface area contributed by atoms with Crippen molar-refractivity contribution in [2.24, 2.45) is 11.1 Å². The molecule has 1 unspecified atom stereocenters. The molecule has 0 saturated carbocycles. The van der Waals surface area contributed by atoms with Crippen molar-refractivity contribution in [3.63, 3.8) is 0 Å². The second-order valence-electron chi connectivity index (χ2n) is 6.39. The van der Waals surface area contributed by atoms with Gasteiger partial charge in [-0.15, -0.1) is 0 Å². The summed E-state index contributed by atoms with van der Waals surface area (Å²) in [5, 5.41) is 2.68. The van der Waals surface area contributed by atoms with Crippen molar-refractivity contribution in [3.05, 3.63) is 34.3 Å². The molecule has 1 aromatic carbocycles. The van der Waals surface area contributed by atoms with E-state index >= 15 is 0 Å². The van der Waals surface area contributed by atoms with Gasteiger partial charge in [-0.05, 0) is 30.0 Å². The number of benzene rings is 1. The van der Waals surface area contributed by atoms with Crippen LogP contribution in [-0.2, 0) is 4.79 Å². The fraction of sp³-hybridized carbons (Fsp3) is 0.500. The van der Waals surface area contributed by atoms with E-state index in [1.54, 1.807) is 23.1 Å². The van der Waals surface area contributed by atoms with Crippen LogP contribution in [0.2, 0.25) is 0 Å². The van der Waals surface area contributed by atoms with Crippen LogP contribution >= 0.6 is 15.9 Å². The average Bonchev–Trinajstić information content (AvgIpc) is 2.47. The van der Waals surface area contributed by atoms with E-state index in [1.165, 1.54) is 0 Å². The van der Waals surface area contributed by atoms with Gasteiger partial charge in [0.1, 0.15) is 0 Å². The maximum Gasteiger partial charge on any atom is 0.251 e. The predicted octanol–water partition coefficient (Wildman–Crippen LogP) is 1.76. The molecule has 1 atom stereocenters. The van der Waals surface area contributed by atoms with Gasteiger partial charge in [0.2, 0.25) is 5.91 Å². The second kappa shape index (κ2) is 6.79. The Morgan fingerprint density at radius 2 is 2.18 bits per heavy atom. The van der Waals surface area contributed by atoms with Crippen molar-refractivity contribution in [3.8, 4) is 0 Å². The lowest BCUT2D eigenvalue weighted by Crippen LogP contribution is -2.55. The molecule has 1 fully saturated rings. The van der Waals surface area contributed by atoms with Crippen molar-refractivity contribution >= 4 is 27.7 Å². The van der Waals surface area contributed by atoms with Gasteiger partial charge >= 0.3 is 0 Å². The van der Waals surface area contributed by atoms with Crippen LogP contribution in [0.15, 0.2) is 28.7 Å². The van der Waals surface area contributed by atoms with Gasteiger partial charge in [-0.2, -0.15) is 0 Å². The Labute approximate surface area is 139 Å². The van der Waals surface area contributed by atoms with E-state index in [0.29, 0.717) is 18.7 Å². The fourth-order valence-corrected chi connectivity index (χ4v) is 2.99. The fourth-order valence-electron chi connectivity index (χ4n) is 2.59. The molecule has 6 heteroatoms. The first-order valence-electron chi connectivity index (χ1n) is 7.37. The van der Waals surface area contributed by atoms with Crippen molar-refractivity contribution in [1.29, 1.82) is 0 Å². The summed E-state index contributed by atoms with van der Waals surface area (Å²) in [5.41, 5.74) is 6.51. The Hall–Kier alpha value is -1.40. The molecule has 2 amide bonds. The molecule has 120 valence electrons. The molecular weight excluding hydrogens is 346 g/mol. The highest BCUT2D eigenvalue weighted by Crippen LogP contribution is 2.27. The zero-order valence-electron chi connectivity index (χ0n) is 12.9.